The molecule has 7 nitrogen and oxygen atoms in total. The molecule has 1 amide bonds. The van der Waals surface area contributed by atoms with E-state index in [1.165, 1.54) is 7.11 Å². The first kappa shape index (κ1) is 26.5. The molecule has 0 heterocycles. The summed E-state index contributed by atoms with van der Waals surface area (Å²) in [6.45, 7) is 3.49. The lowest BCUT2D eigenvalue weighted by Gasteiger charge is -2.21. The van der Waals surface area contributed by atoms with Gasteiger partial charge in [0.15, 0.2) is 6.10 Å². The zero-order valence-electron chi connectivity index (χ0n) is 18.0. The second-order valence-electron chi connectivity index (χ2n) is 7.59. The summed E-state index contributed by atoms with van der Waals surface area (Å²) in [5.74, 6) is -4.98. The van der Waals surface area contributed by atoms with Crippen LogP contribution in [0.25, 0.3) is 0 Å². The van der Waals surface area contributed by atoms with Gasteiger partial charge in [0.25, 0.3) is 0 Å². The Morgan fingerprint density at radius 1 is 1.13 bits per heavy atom. The Morgan fingerprint density at radius 2 is 1.77 bits per heavy atom. The SMILES string of the molecule is COC(=O)C(Cc1ccc(OC)c(CNC(=O)OC(C)(C)C)c1)OCC(F)(F)C(F)F. The Kier molecular flexibility index (Phi) is 9.54. The molecule has 0 aliphatic rings. The van der Waals surface area contributed by atoms with Gasteiger partial charge in [-0.1, -0.05) is 12.1 Å². The van der Waals surface area contributed by atoms with Crippen molar-refractivity contribution < 1.29 is 46.1 Å². The number of hydrogen-bond donors (Lipinski definition) is 1. The fourth-order valence-corrected chi connectivity index (χ4v) is 2.41. The normalized spacial score (nSPS) is 13.0. The molecule has 0 spiro atoms. The van der Waals surface area contributed by atoms with Gasteiger partial charge in [0.2, 0.25) is 0 Å². The zero-order valence-corrected chi connectivity index (χ0v) is 18.0. The van der Waals surface area contributed by atoms with E-state index in [1.807, 2.05) is 0 Å². The van der Waals surface area contributed by atoms with Crippen LogP contribution in [0, 0.1) is 0 Å². The van der Waals surface area contributed by atoms with Crippen molar-refractivity contribution in [3.8, 4) is 5.75 Å². The number of carbonyl (C=O) groups excluding carboxylic acids is 2. The number of carbonyl (C=O) groups is 2. The average Bonchev–Trinajstić information content (AvgIpc) is 2.67. The summed E-state index contributed by atoms with van der Waals surface area (Å²) < 4.78 is 70.7. The van der Waals surface area contributed by atoms with Crippen LogP contribution in [0.2, 0.25) is 0 Å². The number of benzene rings is 1. The first-order valence-corrected chi connectivity index (χ1v) is 9.27. The molecule has 0 saturated carbocycles. The molecular weight excluding hydrogens is 426 g/mol. The Morgan fingerprint density at radius 3 is 2.29 bits per heavy atom. The first-order valence-electron chi connectivity index (χ1n) is 9.27. The van der Waals surface area contributed by atoms with E-state index in [0.29, 0.717) is 16.9 Å². The predicted octanol–water partition coefficient (Wildman–Crippen LogP) is 3.72. The van der Waals surface area contributed by atoms with Gasteiger partial charge in [-0.2, -0.15) is 8.78 Å². The number of ether oxygens (including phenoxy) is 4. The van der Waals surface area contributed by atoms with Crippen LogP contribution in [-0.2, 0) is 32.0 Å². The molecule has 0 radical (unpaired) electrons. The predicted molar refractivity (Wildman–Crippen MR) is 102 cm³/mol. The molecule has 0 aliphatic heterocycles. The number of alkyl carbamates (subject to hydrolysis) is 1. The highest BCUT2D eigenvalue weighted by Gasteiger charge is 2.42. The fourth-order valence-electron chi connectivity index (χ4n) is 2.41. The van der Waals surface area contributed by atoms with Crippen molar-refractivity contribution in [3.05, 3.63) is 29.3 Å². The molecule has 11 heteroatoms. The van der Waals surface area contributed by atoms with Crippen molar-refractivity contribution in [2.45, 2.75) is 57.8 Å². The molecular formula is C20H27F4NO6. The number of amides is 1. The molecule has 1 aromatic carbocycles. The van der Waals surface area contributed by atoms with Crippen LogP contribution in [-0.4, -0.2) is 56.9 Å². The van der Waals surface area contributed by atoms with Crippen molar-refractivity contribution in [1.82, 2.24) is 5.32 Å². The van der Waals surface area contributed by atoms with Crippen LogP contribution >= 0.6 is 0 Å². The van der Waals surface area contributed by atoms with Crippen molar-refractivity contribution in [2.24, 2.45) is 0 Å². The van der Waals surface area contributed by atoms with E-state index < -0.39 is 42.7 Å². The summed E-state index contributed by atoms with van der Waals surface area (Å²) >= 11 is 0. The van der Waals surface area contributed by atoms with E-state index >= 15 is 0 Å². The van der Waals surface area contributed by atoms with E-state index in [9.17, 15) is 27.2 Å². The molecule has 0 bridgehead atoms. The van der Waals surface area contributed by atoms with Crippen molar-refractivity contribution >= 4 is 12.1 Å². The minimum atomic E-state index is -4.41. The van der Waals surface area contributed by atoms with Gasteiger partial charge in [0.05, 0.1) is 14.2 Å². The molecule has 1 atom stereocenters. The second kappa shape index (κ2) is 11.2. The maximum absolute atomic E-state index is 13.2. The maximum atomic E-state index is 13.2. The van der Waals surface area contributed by atoms with Crippen LogP contribution in [0.15, 0.2) is 18.2 Å². The highest BCUT2D eigenvalue weighted by molar-refractivity contribution is 5.75. The van der Waals surface area contributed by atoms with E-state index in [1.54, 1.807) is 39.0 Å². The van der Waals surface area contributed by atoms with Gasteiger partial charge < -0.3 is 24.3 Å². The monoisotopic (exact) mass is 453 g/mol. The summed E-state index contributed by atoms with van der Waals surface area (Å²) in [4.78, 5) is 23.8. The van der Waals surface area contributed by atoms with Gasteiger partial charge >= 0.3 is 24.4 Å². The van der Waals surface area contributed by atoms with Gasteiger partial charge in [-0.05, 0) is 32.4 Å². The maximum Gasteiger partial charge on any atom is 0.407 e. The van der Waals surface area contributed by atoms with Crippen LogP contribution in [0.1, 0.15) is 31.9 Å². The van der Waals surface area contributed by atoms with Crippen LogP contribution in [0.4, 0.5) is 22.4 Å². The smallest absolute Gasteiger partial charge is 0.407 e. The Bertz CT molecular complexity index is 752. The van der Waals surface area contributed by atoms with Crippen molar-refractivity contribution in [1.29, 1.82) is 0 Å². The minimum absolute atomic E-state index is 0.0130. The molecule has 1 unspecified atom stereocenters. The quantitative estimate of drug-likeness (QED) is 0.430. The lowest BCUT2D eigenvalue weighted by Crippen LogP contribution is -2.37. The largest absolute Gasteiger partial charge is 0.496 e. The topological polar surface area (TPSA) is 83.1 Å². The van der Waals surface area contributed by atoms with Gasteiger partial charge in [-0.3, -0.25) is 0 Å². The van der Waals surface area contributed by atoms with E-state index in [0.717, 1.165) is 7.11 Å². The van der Waals surface area contributed by atoms with E-state index in [-0.39, 0.29) is 13.0 Å². The van der Waals surface area contributed by atoms with Crippen molar-refractivity contribution in [2.75, 3.05) is 20.8 Å². The van der Waals surface area contributed by atoms with Gasteiger partial charge in [-0.25, -0.2) is 18.4 Å². The Hall–Kier alpha value is -2.56. The number of esters is 1. The number of methoxy groups -OCH3 is 2. The van der Waals surface area contributed by atoms with E-state index in [4.69, 9.17) is 14.2 Å². The average molecular weight is 453 g/mol. The first-order chi connectivity index (χ1) is 14.3. The lowest BCUT2D eigenvalue weighted by atomic mass is 10.0. The summed E-state index contributed by atoms with van der Waals surface area (Å²) in [5.41, 5.74) is 0.256. The number of nitrogens with one attached hydrogen (secondary N) is 1. The van der Waals surface area contributed by atoms with Gasteiger partial charge in [0.1, 0.15) is 18.0 Å². The van der Waals surface area contributed by atoms with Gasteiger partial charge in [0, 0.05) is 18.5 Å². The molecule has 1 rings (SSSR count). The molecule has 0 aliphatic carbocycles. The minimum Gasteiger partial charge on any atom is -0.496 e. The van der Waals surface area contributed by atoms with Gasteiger partial charge in [-0.15, -0.1) is 0 Å². The molecule has 1 aromatic rings. The van der Waals surface area contributed by atoms with Crippen LogP contribution in [0.5, 0.6) is 5.75 Å². The third-order valence-electron chi connectivity index (χ3n) is 3.85. The fraction of sp³-hybridized carbons (Fsp3) is 0.600. The zero-order chi connectivity index (χ0) is 23.8. The lowest BCUT2D eigenvalue weighted by molar-refractivity contribution is -0.186. The Balaban J connectivity index is 2.94. The number of hydrogen-bond acceptors (Lipinski definition) is 6. The summed E-state index contributed by atoms with van der Waals surface area (Å²) in [6.07, 6.45) is -6.35. The van der Waals surface area contributed by atoms with Crippen molar-refractivity contribution in [3.63, 3.8) is 0 Å². The summed E-state index contributed by atoms with van der Waals surface area (Å²) in [6, 6.07) is 4.64. The molecule has 1 N–H and O–H groups in total. The highest BCUT2D eigenvalue weighted by atomic mass is 19.3. The highest BCUT2D eigenvalue weighted by Crippen LogP contribution is 2.25. The van der Waals surface area contributed by atoms with Crippen LogP contribution in [0.3, 0.4) is 0 Å². The summed E-state index contributed by atoms with van der Waals surface area (Å²) in [7, 11) is 2.44. The number of halogens is 4. The second-order valence-corrected chi connectivity index (χ2v) is 7.59. The third-order valence-corrected chi connectivity index (χ3v) is 3.85. The standard InChI is InChI=1S/C20H27F4NO6/c1-19(2,3)31-18(27)25-10-13-8-12(6-7-14(13)28-4)9-15(16(26)29-5)30-11-20(23,24)17(21)22/h6-8,15,17H,9-11H2,1-5H3,(H,25,27). The molecule has 0 aromatic heterocycles. The Labute approximate surface area is 178 Å². The molecule has 31 heavy (non-hydrogen) atoms. The molecule has 0 fully saturated rings. The molecule has 0 saturated heterocycles. The number of rotatable bonds is 10. The molecule has 176 valence electrons. The summed E-state index contributed by atoms with van der Waals surface area (Å²) in [5, 5.41) is 2.56. The van der Waals surface area contributed by atoms with E-state index in [2.05, 4.69) is 10.1 Å². The number of alkyl halides is 4. The van der Waals surface area contributed by atoms with Crippen LogP contribution < -0.4 is 10.1 Å². The third kappa shape index (κ3) is 8.99.